The van der Waals surface area contributed by atoms with Gasteiger partial charge < -0.3 is 14.1 Å². The van der Waals surface area contributed by atoms with Crippen molar-refractivity contribution in [2.75, 3.05) is 14.2 Å². The lowest BCUT2D eigenvalue weighted by atomic mass is 9.98. The molecule has 1 atom stereocenters. The summed E-state index contributed by atoms with van der Waals surface area (Å²) >= 11 is 6.02. The Hall–Kier alpha value is -2.79. The zero-order chi connectivity index (χ0) is 17.7. The van der Waals surface area contributed by atoms with E-state index in [2.05, 4.69) is 0 Å². The molecule has 4 rings (SSSR count). The Balaban J connectivity index is 2.06. The van der Waals surface area contributed by atoms with Crippen LogP contribution in [0.15, 0.2) is 51.7 Å². The van der Waals surface area contributed by atoms with Crippen molar-refractivity contribution in [1.29, 1.82) is 0 Å². The number of fused-ring (bicyclic) bond motifs is 2. The van der Waals surface area contributed by atoms with Gasteiger partial charge in [-0.05, 0) is 24.3 Å². The van der Waals surface area contributed by atoms with Crippen molar-refractivity contribution in [2.24, 2.45) is 0 Å². The number of amides is 1. The molecule has 2 heterocycles. The number of benzene rings is 2. The molecule has 1 unspecified atom stereocenters. The average molecular weight is 356 g/mol. The molecular weight excluding hydrogens is 342 g/mol. The van der Waals surface area contributed by atoms with E-state index in [1.807, 2.05) is 18.2 Å². The van der Waals surface area contributed by atoms with Gasteiger partial charge in [-0.3, -0.25) is 9.59 Å². The van der Waals surface area contributed by atoms with Crippen LogP contribution in [0.1, 0.15) is 27.7 Å². The molecule has 0 radical (unpaired) electrons. The zero-order valence-electron chi connectivity index (χ0n) is 13.6. The molecule has 3 aromatic rings. The molecule has 1 aromatic heterocycles. The van der Waals surface area contributed by atoms with Crippen LogP contribution in [-0.4, -0.2) is 25.0 Å². The number of rotatable bonds is 2. The lowest BCUT2D eigenvalue weighted by molar-refractivity contribution is 0.0770. The molecule has 0 fully saturated rings. The van der Waals surface area contributed by atoms with Gasteiger partial charge in [-0.15, -0.1) is 0 Å². The molecule has 0 saturated heterocycles. The van der Waals surface area contributed by atoms with Crippen LogP contribution in [0.4, 0.5) is 0 Å². The fraction of sp³-hybridized carbons (Fsp3) is 0.158. The third-order valence-corrected chi connectivity index (χ3v) is 4.73. The van der Waals surface area contributed by atoms with Crippen molar-refractivity contribution in [3.05, 3.63) is 74.6 Å². The Morgan fingerprint density at radius 2 is 1.92 bits per heavy atom. The number of hydrogen-bond acceptors (Lipinski definition) is 4. The minimum Gasteiger partial charge on any atom is -0.496 e. The van der Waals surface area contributed by atoms with Crippen molar-refractivity contribution in [1.82, 2.24) is 4.90 Å². The van der Waals surface area contributed by atoms with E-state index in [-0.39, 0.29) is 17.1 Å². The first kappa shape index (κ1) is 15.7. The van der Waals surface area contributed by atoms with Crippen LogP contribution in [0.25, 0.3) is 11.0 Å². The van der Waals surface area contributed by atoms with Crippen molar-refractivity contribution >= 4 is 28.5 Å². The molecule has 1 amide bonds. The summed E-state index contributed by atoms with van der Waals surface area (Å²) in [5.41, 5.74) is 1.13. The van der Waals surface area contributed by atoms with Gasteiger partial charge in [0.15, 0.2) is 5.43 Å². The molecule has 1 aliphatic rings. The summed E-state index contributed by atoms with van der Waals surface area (Å²) in [5, 5.41) is 0.792. The SMILES string of the molecule is COc1ccccc1C1c2c(oc3ccc(Cl)cc3c2=O)C(=O)N1C. The van der Waals surface area contributed by atoms with Crippen LogP contribution in [0, 0.1) is 0 Å². The number of para-hydroxylation sites is 1. The van der Waals surface area contributed by atoms with Crippen LogP contribution >= 0.6 is 11.6 Å². The van der Waals surface area contributed by atoms with Crippen molar-refractivity contribution in [2.45, 2.75) is 6.04 Å². The summed E-state index contributed by atoms with van der Waals surface area (Å²) in [5.74, 6) is 0.337. The summed E-state index contributed by atoms with van der Waals surface area (Å²) in [6, 6.07) is 11.5. The molecule has 0 aliphatic carbocycles. The van der Waals surface area contributed by atoms with Gasteiger partial charge in [0.25, 0.3) is 5.91 Å². The number of nitrogens with zero attached hydrogens (tertiary/aromatic N) is 1. The molecule has 126 valence electrons. The molecule has 0 saturated carbocycles. The number of carbonyl (C=O) groups is 1. The first-order chi connectivity index (χ1) is 12.0. The molecule has 6 heteroatoms. The molecule has 2 aromatic carbocycles. The maximum Gasteiger partial charge on any atom is 0.290 e. The Morgan fingerprint density at radius 1 is 1.16 bits per heavy atom. The monoisotopic (exact) mass is 355 g/mol. The fourth-order valence-electron chi connectivity index (χ4n) is 3.32. The van der Waals surface area contributed by atoms with Gasteiger partial charge in [0.1, 0.15) is 11.3 Å². The minimum atomic E-state index is -0.571. The summed E-state index contributed by atoms with van der Waals surface area (Å²) in [6.07, 6.45) is 0. The minimum absolute atomic E-state index is 0.0678. The third-order valence-electron chi connectivity index (χ3n) is 4.50. The van der Waals surface area contributed by atoms with Crippen LogP contribution < -0.4 is 10.2 Å². The van der Waals surface area contributed by atoms with Gasteiger partial charge in [-0.2, -0.15) is 0 Å². The molecule has 5 nitrogen and oxygen atoms in total. The first-order valence-electron chi connectivity index (χ1n) is 7.69. The van der Waals surface area contributed by atoms with Crippen LogP contribution in [0.2, 0.25) is 5.02 Å². The Labute approximate surface area is 148 Å². The number of hydrogen-bond donors (Lipinski definition) is 0. The van der Waals surface area contributed by atoms with Gasteiger partial charge in [-0.25, -0.2) is 0 Å². The topological polar surface area (TPSA) is 59.8 Å². The first-order valence-corrected chi connectivity index (χ1v) is 8.07. The van der Waals surface area contributed by atoms with E-state index in [0.717, 1.165) is 5.56 Å². The highest BCUT2D eigenvalue weighted by atomic mass is 35.5. The second-order valence-electron chi connectivity index (χ2n) is 5.88. The van der Waals surface area contributed by atoms with E-state index in [0.29, 0.717) is 27.3 Å². The number of ether oxygens (including phenoxy) is 1. The standard InChI is InChI=1S/C19H14ClNO4/c1-21-16(11-5-3-4-6-13(11)24-2)15-17(22)12-9-10(20)7-8-14(12)25-18(15)19(21)23/h3-9,16H,1-2H3. The van der Waals surface area contributed by atoms with E-state index in [9.17, 15) is 9.59 Å². The van der Waals surface area contributed by atoms with E-state index in [4.69, 9.17) is 20.8 Å². The van der Waals surface area contributed by atoms with Gasteiger partial charge in [0, 0.05) is 17.6 Å². The summed E-state index contributed by atoms with van der Waals surface area (Å²) in [6.45, 7) is 0. The number of carbonyl (C=O) groups excluding carboxylic acids is 1. The lowest BCUT2D eigenvalue weighted by Crippen LogP contribution is -2.25. The average Bonchev–Trinajstić information content (AvgIpc) is 2.87. The Bertz CT molecular complexity index is 1070. The molecule has 25 heavy (non-hydrogen) atoms. The van der Waals surface area contributed by atoms with E-state index in [1.165, 1.54) is 4.90 Å². The zero-order valence-corrected chi connectivity index (χ0v) is 14.3. The number of methoxy groups -OCH3 is 1. The van der Waals surface area contributed by atoms with Crippen LogP contribution in [0.5, 0.6) is 5.75 Å². The van der Waals surface area contributed by atoms with Crippen LogP contribution in [-0.2, 0) is 0 Å². The summed E-state index contributed by atoms with van der Waals surface area (Å²) in [4.78, 5) is 27.3. The maximum absolute atomic E-state index is 13.1. The smallest absolute Gasteiger partial charge is 0.290 e. The molecule has 0 spiro atoms. The van der Waals surface area contributed by atoms with Gasteiger partial charge in [0.2, 0.25) is 5.76 Å². The fourth-order valence-corrected chi connectivity index (χ4v) is 3.49. The Kier molecular flexibility index (Phi) is 3.54. The maximum atomic E-state index is 13.1. The van der Waals surface area contributed by atoms with E-state index < -0.39 is 6.04 Å². The normalized spacial score (nSPS) is 16.4. The van der Waals surface area contributed by atoms with E-state index in [1.54, 1.807) is 38.4 Å². The predicted molar refractivity (Wildman–Crippen MR) is 94.4 cm³/mol. The molecule has 1 aliphatic heterocycles. The van der Waals surface area contributed by atoms with Gasteiger partial charge in [-0.1, -0.05) is 29.8 Å². The van der Waals surface area contributed by atoms with Crippen molar-refractivity contribution in [3.63, 3.8) is 0 Å². The highest BCUT2D eigenvalue weighted by Crippen LogP contribution is 2.40. The molecule has 0 N–H and O–H groups in total. The molecule has 0 bridgehead atoms. The lowest BCUT2D eigenvalue weighted by Gasteiger charge is -2.22. The largest absolute Gasteiger partial charge is 0.496 e. The second kappa shape index (κ2) is 5.63. The third kappa shape index (κ3) is 2.23. The second-order valence-corrected chi connectivity index (χ2v) is 6.31. The highest BCUT2D eigenvalue weighted by Gasteiger charge is 2.41. The van der Waals surface area contributed by atoms with Crippen LogP contribution in [0.3, 0.4) is 0 Å². The Morgan fingerprint density at radius 3 is 2.68 bits per heavy atom. The van der Waals surface area contributed by atoms with Crippen molar-refractivity contribution in [3.8, 4) is 5.75 Å². The van der Waals surface area contributed by atoms with Crippen molar-refractivity contribution < 1.29 is 13.9 Å². The predicted octanol–water partition coefficient (Wildman–Crippen LogP) is 3.63. The van der Waals surface area contributed by atoms with E-state index >= 15 is 0 Å². The summed E-state index contributed by atoms with van der Waals surface area (Å²) in [7, 11) is 3.20. The van der Waals surface area contributed by atoms with Gasteiger partial charge >= 0.3 is 0 Å². The number of halogens is 1. The molecular formula is C19H14ClNO4. The highest BCUT2D eigenvalue weighted by molar-refractivity contribution is 6.31. The quantitative estimate of drug-likeness (QED) is 0.704. The van der Waals surface area contributed by atoms with Gasteiger partial charge in [0.05, 0.1) is 24.1 Å². The summed E-state index contributed by atoms with van der Waals surface area (Å²) < 4.78 is 11.2.